The minimum Gasteiger partial charge on any atom is -0.382 e. The second kappa shape index (κ2) is 4.24. The summed E-state index contributed by atoms with van der Waals surface area (Å²) in [5, 5.41) is 13.6. The van der Waals surface area contributed by atoms with Crippen molar-refractivity contribution < 1.29 is 4.39 Å². The zero-order valence-corrected chi connectivity index (χ0v) is 10.2. The number of rotatable bonds is 2. The van der Waals surface area contributed by atoms with Crippen LogP contribution in [-0.4, -0.2) is 20.4 Å². The van der Waals surface area contributed by atoms with E-state index in [0.29, 0.717) is 16.8 Å². The third-order valence-electron chi connectivity index (χ3n) is 3.04. The third kappa shape index (κ3) is 1.77. The molecule has 3 aromatic rings. The number of aryl methyl sites for hydroxylation is 1. The summed E-state index contributed by atoms with van der Waals surface area (Å²) in [4.78, 5) is 0. The van der Waals surface area contributed by atoms with E-state index in [2.05, 4.69) is 20.4 Å². The second-order valence-corrected chi connectivity index (χ2v) is 4.25. The first kappa shape index (κ1) is 11.5. The molecule has 0 aliphatic rings. The first-order chi connectivity index (χ1) is 9.18. The molecule has 5 nitrogen and oxygen atoms in total. The van der Waals surface area contributed by atoms with E-state index in [1.807, 2.05) is 6.92 Å². The van der Waals surface area contributed by atoms with Crippen LogP contribution in [-0.2, 0) is 0 Å². The second-order valence-electron chi connectivity index (χ2n) is 4.25. The Balaban J connectivity index is 2.26. The van der Waals surface area contributed by atoms with Crippen LogP contribution < -0.4 is 5.73 Å². The molecule has 3 rings (SSSR count). The maximum Gasteiger partial charge on any atom is 0.153 e. The van der Waals surface area contributed by atoms with E-state index in [4.69, 9.17) is 5.73 Å². The molecule has 96 valence electrons. The van der Waals surface area contributed by atoms with Crippen LogP contribution in [0.4, 0.5) is 10.2 Å². The highest BCUT2D eigenvalue weighted by Crippen LogP contribution is 2.36. The summed E-state index contributed by atoms with van der Waals surface area (Å²) in [5.74, 6) is -0.0707. The predicted octanol–water partition coefficient (Wildman–Crippen LogP) is 2.50. The van der Waals surface area contributed by atoms with Gasteiger partial charge in [0.05, 0.1) is 17.5 Å². The van der Waals surface area contributed by atoms with Crippen LogP contribution in [0.25, 0.3) is 22.4 Å². The largest absolute Gasteiger partial charge is 0.382 e. The molecule has 1 aromatic carbocycles. The Kier molecular flexibility index (Phi) is 2.56. The summed E-state index contributed by atoms with van der Waals surface area (Å²) < 4.78 is 13.9. The SMILES string of the molecule is Cc1[nH]ncc1-c1[nH]nc(N)c1-c1ccccc1F. The van der Waals surface area contributed by atoms with Crippen molar-refractivity contribution in [2.24, 2.45) is 0 Å². The van der Waals surface area contributed by atoms with Gasteiger partial charge in [-0.25, -0.2) is 4.39 Å². The van der Waals surface area contributed by atoms with Gasteiger partial charge in [-0.3, -0.25) is 10.2 Å². The standard InChI is InChI=1S/C13H12FN5/c1-7-9(6-16-17-7)12-11(13(15)19-18-12)8-4-2-3-5-10(8)14/h2-6H,1H3,(H,16,17)(H3,15,18,19). The molecule has 6 heteroatoms. The molecule has 0 saturated heterocycles. The van der Waals surface area contributed by atoms with Gasteiger partial charge in [-0.1, -0.05) is 18.2 Å². The lowest BCUT2D eigenvalue weighted by Crippen LogP contribution is -1.91. The maximum atomic E-state index is 13.9. The van der Waals surface area contributed by atoms with Crippen molar-refractivity contribution in [1.82, 2.24) is 20.4 Å². The summed E-state index contributed by atoms with van der Waals surface area (Å²) in [6.07, 6.45) is 1.66. The highest BCUT2D eigenvalue weighted by molar-refractivity contribution is 5.88. The quantitative estimate of drug-likeness (QED) is 0.659. The Bertz CT molecular complexity index is 728. The van der Waals surface area contributed by atoms with Crippen molar-refractivity contribution >= 4 is 5.82 Å². The van der Waals surface area contributed by atoms with E-state index in [0.717, 1.165) is 11.3 Å². The first-order valence-electron chi connectivity index (χ1n) is 5.77. The minimum absolute atomic E-state index is 0.265. The van der Waals surface area contributed by atoms with Gasteiger partial charge in [-0.15, -0.1) is 0 Å². The number of aromatic amines is 2. The lowest BCUT2D eigenvalue weighted by Gasteiger charge is -2.05. The number of hydrogen-bond donors (Lipinski definition) is 3. The van der Waals surface area contributed by atoms with E-state index in [9.17, 15) is 4.39 Å². The molecular formula is C13H12FN5. The number of nitrogens with zero attached hydrogens (tertiary/aromatic N) is 2. The minimum atomic E-state index is -0.335. The number of nitrogen functional groups attached to an aromatic ring is 1. The number of nitrogens with two attached hydrogens (primary N) is 1. The average molecular weight is 257 g/mol. The summed E-state index contributed by atoms with van der Waals surface area (Å²) in [5.41, 5.74) is 9.18. The van der Waals surface area contributed by atoms with Gasteiger partial charge in [0, 0.05) is 16.8 Å². The fourth-order valence-corrected chi connectivity index (χ4v) is 2.09. The molecule has 0 atom stereocenters. The maximum absolute atomic E-state index is 13.9. The molecule has 0 spiro atoms. The van der Waals surface area contributed by atoms with E-state index in [1.165, 1.54) is 6.07 Å². The zero-order valence-electron chi connectivity index (χ0n) is 10.2. The van der Waals surface area contributed by atoms with Crippen LogP contribution in [0.3, 0.4) is 0 Å². The van der Waals surface area contributed by atoms with Crippen molar-refractivity contribution in [1.29, 1.82) is 0 Å². The molecule has 0 radical (unpaired) electrons. The van der Waals surface area contributed by atoms with Crippen molar-refractivity contribution in [3.05, 3.63) is 42.0 Å². The Labute approximate surface area is 108 Å². The lowest BCUT2D eigenvalue weighted by molar-refractivity contribution is 0.631. The monoisotopic (exact) mass is 257 g/mol. The molecule has 0 fully saturated rings. The van der Waals surface area contributed by atoms with Gasteiger partial charge in [0.15, 0.2) is 5.82 Å². The van der Waals surface area contributed by atoms with Gasteiger partial charge in [0.25, 0.3) is 0 Å². The topological polar surface area (TPSA) is 83.4 Å². The Morgan fingerprint density at radius 2 is 1.95 bits per heavy atom. The number of aromatic nitrogens is 4. The smallest absolute Gasteiger partial charge is 0.153 e. The van der Waals surface area contributed by atoms with Crippen molar-refractivity contribution in [2.75, 3.05) is 5.73 Å². The normalized spacial score (nSPS) is 10.8. The zero-order chi connectivity index (χ0) is 13.4. The van der Waals surface area contributed by atoms with Gasteiger partial charge in [0.2, 0.25) is 0 Å². The molecule has 4 N–H and O–H groups in total. The summed E-state index contributed by atoms with van der Waals surface area (Å²) in [6, 6.07) is 6.47. The first-order valence-corrected chi connectivity index (χ1v) is 5.77. The fourth-order valence-electron chi connectivity index (χ4n) is 2.09. The molecule has 0 saturated carbocycles. The predicted molar refractivity (Wildman–Crippen MR) is 70.7 cm³/mol. The van der Waals surface area contributed by atoms with Gasteiger partial charge < -0.3 is 5.73 Å². The molecule has 0 unspecified atom stereocenters. The Hall–Kier alpha value is -2.63. The number of halogens is 1. The molecule has 0 aliphatic carbocycles. The Morgan fingerprint density at radius 1 is 1.16 bits per heavy atom. The van der Waals surface area contributed by atoms with Gasteiger partial charge in [-0.05, 0) is 13.0 Å². The van der Waals surface area contributed by atoms with E-state index in [-0.39, 0.29) is 11.6 Å². The lowest BCUT2D eigenvalue weighted by atomic mass is 10.0. The summed E-state index contributed by atoms with van der Waals surface area (Å²) >= 11 is 0. The van der Waals surface area contributed by atoms with Crippen LogP contribution in [0.5, 0.6) is 0 Å². The van der Waals surface area contributed by atoms with Gasteiger partial charge in [0.1, 0.15) is 5.82 Å². The van der Waals surface area contributed by atoms with Crippen molar-refractivity contribution in [3.63, 3.8) is 0 Å². The van der Waals surface area contributed by atoms with E-state index in [1.54, 1.807) is 24.4 Å². The van der Waals surface area contributed by atoms with Crippen LogP contribution in [0, 0.1) is 12.7 Å². The van der Waals surface area contributed by atoms with Crippen molar-refractivity contribution in [2.45, 2.75) is 6.92 Å². The fraction of sp³-hybridized carbons (Fsp3) is 0.0769. The molecule has 0 bridgehead atoms. The van der Waals surface area contributed by atoms with Gasteiger partial charge in [-0.2, -0.15) is 10.2 Å². The van der Waals surface area contributed by atoms with Gasteiger partial charge >= 0.3 is 0 Å². The molecule has 0 amide bonds. The Morgan fingerprint density at radius 3 is 2.63 bits per heavy atom. The number of anilines is 1. The van der Waals surface area contributed by atoms with Crippen LogP contribution in [0.1, 0.15) is 5.69 Å². The van der Waals surface area contributed by atoms with Crippen LogP contribution in [0.2, 0.25) is 0 Å². The number of benzene rings is 1. The molecule has 2 heterocycles. The number of nitrogens with one attached hydrogen (secondary N) is 2. The molecule has 2 aromatic heterocycles. The van der Waals surface area contributed by atoms with E-state index < -0.39 is 0 Å². The highest BCUT2D eigenvalue weighted by atomic mass is 19.1. The average Bonchev–Trinajstić information content (AvgIpc) is 2.96. The van der Waals surface area contributed by atoms with Crippen LogP contribution >= 0.6 is 0 Å². The molecular weight excluding hydrogens is 245 g/mol. The summed E-state index contributed by atoms with van der Waals surface area (Å²) in [7, 11) is 0. The molecule has 19 heavy (non-hydrogen) atoms. The highest BCUT2D eigenvalue weighted by Gasteiger charge is 2.19. The number of H-pyrrole nitrogens is 2. The van der Waals surface area contributed by atoms with Crippen molar-refractivity contribution in [3.8, 4) is 22.4 Å². The summed E-state index contributed by atoms with van der Waals surface area (Å²) in [6.45, 7) is 1.88. The number of hydrogen-bond acceptors (Lipinski definition) is 3. The third-order valence-corrected chi connectivity index (χ3v) is 3.04. The molecule has 0 aliphatic heterocycles. The van der Waals surface area contributed by atoms with E-state index >= 15 is 0 Å². The van der Waals surface area contributed by atoms with Crippen LogP contribution in [0.15, 0.2) is 30.5 Å².